The number of carbonyl (C=O) groups excluding carboxylic acids is 1. The van der Waals surface area contributed by atoms with Crippen molar-refractivity contribution in [3.8, 4) is 11.1 Å². The van der Waals surface area contributed by atoms with Crippen LogP contribution in [-0.4, -0.2) is 26.4 Å². The molecule has 0 aliphatic carbocycles. The van der Waals surface area contributed by atoms with Gasteiger partial charge in [0.05, 0.1) is 17.0 Å². The monoisotopic (exact) mass is 470 g/mol. The lowest BCUT2D eigenvalue weighted by Crippen LogP contribution is -2.15. The molecule has 0 aliphatic rings. The Hall–Kier alpha value is -3.93. The molecule has 6 nitrogen and oxygen atoms in total. The SMILES string of the molecule is CCCCc1cn2c([C@H](OC(=O)CC)c3ccc(-c4ccccc4C(=O)O)cc3)ccc(C)c2n1. The minimum absolute atomic E-state index is 0.243. The van der Waals surface area contributed by atoms with Crippen molar-refractivity contribution < 1.29 is 19.4 Å². The third-order valence-electron chi connectivity index (χ3n) is 6.17. The molecule has 0 radical (unpaired) electrons. The van der Waals surface area contributed by atoms with Crippen LogP contribution < -0.4 is 0 Å². The molecular formula is C29H30N2O4. The summed E-state index contributed by atoms with van der Waals surface area (Å²) in [7, 11) is 0. The molecule has 35 heavy (non-hydrogen) atoms. The maximum atomic E-state index is 12.4. The zero-order chi connectivity index (χ0) is 24.9. The Morgan fingerprint density at radius 2 is 1.77 bits per heavy atom. The van der Waals surface area contributed by atoms with Gasteiger partial charge in [-0.1, -0.05) is 68.8 Å². The van der Waals surface area contributed by atoms with E-state index in [4.69, 9.17) is 9.72 Å². The Kier molecular flexibility index (Phi) is 7.30. The van der Waals surface area contributed by atoms with Crippen LogP contribution >= 0.6 is 0 Å². The minimum Gasteiger partial charge on any atom is -0.478 e. The molecule has 0 bridgehead atoms. The van der Waals surface area contributed by atoms with Crippen molar-refractivity contribution in [3.63, 3.8) is 0 Å². The first-order chi connectivity index (χ1) is 16.9. The summed E-state index contributed by atoms with van der Waals surface area (Å²) in [6.45, 7) is 5.96. The van der Waals surface area contributed by atoms with Gasteiger partial charge in [-0.05, 0) is 54.2 Å². The van der Waals surface area contributed by atoms with Gasteiger partial charge in [0.2, 0.25) is 0 Å². The first-order valence-electron chi connectivity index (χ1n) is 12.0. The number of aromatic nitrogens is 2. The lowest BCUT2D eigenvalue weighted by atomic mass is 9.96. The molecule has 0 saturated heterocycles. The number of hydrogen-bond donors (Lipinski definition) is 1. The van der Waals surface area contributed by atoms with E-state index in [1.54, 1.807) is 25.1 Å². The van der Waals surface area contributed by atoms with Gasteiger partial charge >= 0.3 is 11.9 Å². The number of unbranched alkanes of at least 4 members (excludes halogenated alkanes) is 1. The standard InChI is InChI=1S/C29H30N2O4/c1-4-6-9-22-18-31-25(17-12-19(3)28(31)30-22)27(35-26(32)5-2)21-15-13-20(14-16-21)23-10-7-8-11-24(23)29(33)34/h7-8,10-18,27H,4-6,9H2,1-3H3,(H,33,34)/t27-/m1/s1. The van der Waals surface area contributed by atoms with Crippen LogP contribution in [0.25, 0.3) is 16.8 Å². The molecule has 0 fully saturated rings. The van der Waals surface area contributed by atoms with Crippen LogP contribution in [0, 0.1) is 6.92 Å². The number of ether oxygens (including phenoxy) is 1. The molecule has 6 heteroatoms. The van der Waals surface area contributed by atoms with Gasteiger partial charge in [0.25, 0.3) is 0 Å². The number of benzene rings is 2. The smallest absolute Gasteiger partial charge is 0.336 e. The molecule has 2 aromatic heterocycles. The van der Waals surface area contributed by atoms with Gasteiger partial charge in [-0.25, -0.2) is 9.78 Å². The third kappa shape index (κ3) is 5.11. The maximum absolute atomic E-state index is 12.4. The van der Waals surface area contributed by atoms with E-state index in [1.807, 2.05) is 60.0 Å². The number of carboxylic acids is 1. The van der Waals surface area contributed by atoms with Crippen molar-refractivity contribution in [2.45, 2.75) is 52.6 Å². The summed E-state index contributed by atoms with van der Waals surface area (Å²) in [6, 6.07) is 18.4. The van der Waals surface area contributed by atoms with E-state index in [1.165, 1.54) is 0 Å². The van der Waals surface area contributed by atoms with Crippen molar-refractivity contribution >= 4 is 17.6 Å². The van der Waals surface area contributed by atoms with Gasteiger partial charge < -0.3 is 9.84 Å². The molecule has 0 unspecified atom stereocenters. The summed E-state index contributed by atoms with van der Waals surface area (Å²) < 4.78 is 7.97. The molecule has 1 N–H and O–H groups in total. The summed E-state index contributed by atoms with van der Waals surface area (Å²) in [5.41, 5.74) is 6.22. The number of hydrogen-bond acceptors (Lipinski definition) is 4. The molecule has 0 saturated carbocycles. The van der Waals surface area contributed by atoms with Gasteiger partial charge in [0, 0.05) is 12.6 Å². The number of pyridine rings is 1. The van der Waals surface area contributed by atoms with Crippen molar-refractivity contribution in [1.82, 2.24) is 9.38 Å². The van der Waals surface area contributed by atoms with Crippen molar-refractivity contribution in [2.75, 3.05) is 0 Å². The zero-order valence-corrected chi connectivity index (χ0v) is 20.3. The highest BCUT2D eigenvalue weighted by atomic mass is 16.5. The fraction of sp³-hybridized carbons (Fsp3) is 0.276. The normalized spacial score (nSPS) is 12.0. The Labute approximate surface area is 205 Å². The fourth-order valence-electron chi connectivity index (χ4n) is 4.23. The Morgan fingerprint density at radius 3 is 2.46 bits per heavy atom. The number of esters is 1. The average Bonchev–Trinajstić information content (AvgIpc) is 3.31. The van der Waals surface area contributed by atoms with E-state index in [2.05, 4.69) is 6.92 Å². The molecular weight excluding hydrogens is 440 g/mol. The molecule has 4 rings (SSSR count). The summed E-state index contributed by atoms with van der Waals surface area (Å²) >= 11 is 0. The van der Waals surface area contributed by atoms with E-state index in [0.717, 1.165) is 53.0 Å². The Morgan fingerprint density at radius 1 is 1.03 bits per heavy atom. The topological polar surface area (TPSA) is 80.9 Å². The van der Waals surface area contributed by atoms with E-state index < -0.39 is 12.1 Å². The first-order valence-corrected chi connectivity index (χ1v) is 12.0. The molecule has 2 aromatic carbocycles. The zero-order valence-electron chi connectivity index (χ0n) is 20.3. The summed E-state index contributed by atoms with van der Waals surface area (Å²) in [4.78, 5) is 28.9. The van der Waals surface area contributed by atoms with Crippen molar-refractivity contribution in [3.05, 3.63) is 94.9 Å². The van der Waals surface area contributed by atoms with E-state index in [-0.39, 0.29) is 18.0 Å². The second-order valence-corrected chi connectivity index (χ2v) is 8.67. The number of carbonyl (C=O) groups is 2. The van der Waals surface area contributed by atoms with Gasteiger partial charge in [-0.15, -0.1) is 0 Å². The minimum atomic E-state index is -0.972. The molecule has 1 atom stereocenters. The van der Waals surface area contributed by atoms with Crippen LogP contribution in [0.2, 0.25) is 0 Å². The summed E-state index contributed by atoms with van der Waals surface area (Å²) in [5.74, 6) is -1.27. The third-order valence-corrected chi connectivity index (χ3v) is 6.17. The largest absolute Gasteiger partial charge is 0.478 e. The highest BCUT2D eigenvalue weighted by Crippen LogP contribution is 2.31. The molecule has 2 heterocycles. The second kappa shape index (κ2) is 10.6. The summed E-state index contributed by atoms with van der Waals surface area (Å²) in [5, 5.41) is 9.56. The number of nitrogens with zero attached hydrogens (tertiary/aromatic N) is 2. The van der Waals surface area contributed by atoms with Crippen LogP contribution in [-0.2, 0) is 16.0 Å². The number of fused-ring (bicyclic) bond motifs is 1. The molecule has 180 valence electrons. The van der Waals surface area contributed by atoms with Crippen molar-refractivity contribution in [2.24, 2.45) is 0 Å². The number of aryl methyl sites for hydroxylation is 2. The lowest BCUT2D eigenvalue weighted by Gasteiger charge is -2.21. The Balaban J connectivity index is 1.78. The van der Waals surface area contributed by atoms with Crippen molar-refractivity contribution in [1.29, 1.82) is 0 Å². The fourth-order valence-corrected chi connectivity index (χ4v) is 4.23. The van der Waals surface area contributed by atoms with Gasteiger partial charge in [0.1, 0.15) is 5.65 Å². The first kappa shape index (κ1) is 24.2. The van der Waals surface area contributed by atoms with E-state index in [0.29, 0.717) is 5.56 Å². The van der Waals surface area contributed by atoms with Crippen LogP contribution in [0.1, 0.15) is 72.1 Å². The van der Waals surface area contributed by atoms with Crippen LogP contribution in [0.5, 0.6) is 0 Å². The maximum Gasteiger partial charge on any atom is 0.336 e. The number of aromatic carboxylic acids is 1. The summed E-state index contributed by atoms with van der Waals surface area (Å²) in [6.07, 6.45) is 4.73. The number of imidazole rings is 1. The predicted octanol–water partition coefficient (Wildman–Crippen LogP) is 6.39. The van der Waals surface area contributed by atoms with Gasteiger partial charge in [0.15, 0.2) is 6.10 Å². The van der Waals surface area contributed by atoms with Crippen LogP contribution in [0.4, 0.5) is 0 Å². The number of carboxylic acid groups (broad SMARTS) is 1. The van der Waals surface area contributed by atoms with E-state index in [9.17, 15) is 14.7 Å². The average molecular weight is 471 g/mol. The molecule has 0 amide bonds. The van der Waals surface area contributed by atoms with Crippen LogP contribution in [0.15, 0.2) is 66.9 Å². The highest BCUT2D eigenvalue weighted by molar-refractivity contribution is 5.96. The second-order valence-electron chi connectivity index (χ2n) is 8.67. The molecule has 0 spiro atoms. The number of rotatable bonds is 9. The van der Waals surface area contributed by atoms with Gasteiger partial charge in [-0.3, -0.25) is 9.20 Å². The van der Waals surface area contributed by atoms with Crippen LogP contribution in [0.3, 0.4) is 0 Å². The molecule has 4 aromatic rings. The van der Waals surface area contributed by atoms with E-state index >= 15 is 0 Å². The molecule has 0 aliphatic heterocycles. The lowest BCUT2D eigenvalue weighted by molar-refractivity contribution is -0.147. The van der Waals surface area contributed by atoms with Gasteiger partial charge in [-0.2, -0.15) is 0 Å². The quantitative estimate of drug-likeness (QED) is 0.287. The predicted molar refractivity (Wildman–Crippen MR) is 136 cm³/mol. The highest BCUT2D eigenvalue weighted by Gasteiger charge is 2.23. The Bertz CT molecular complexity index is 1360.